The molecule has 0 radical (unpaired) electrons. The van der Waals surface area contributed by atoms with Crippen molar-refractivity contribution in [3.05, 3.63) is 0 Å². The predicted molar refractivity (Wildman–Crippen MR) is 77.5 cm³/mol. The lowest BCUT2D eigenvalue weighted by molar-refractivity contribution is -0.0528. The summed E-state index contributed by atoms with van der Waals surface area (Å²) in [4.78, 5) is 0. The Morgan fingerprint density at radius 2 is 1.78 bits per heavy atom. The van der Waals surface area contributed by atoms with Gasteiger partial charge >= 0.3 is 0 Å². The first-order chi connectivity index (χ1) is 8.51. The molecular weight excluding hydrogens is 220 g/mol. The van der Waals surface area contributed by atoms with Gasteiger partial charge in [-0.2, -0.15) is 0 Å². The van der Waals surface area contributed by atoms with Crippen molar-refractivity contribution in [3.8, 4) is 0 Å². The molecule has 1 N–H and O–H groups in total. The molecule has 0 heterocycles. The van der Waals surface area contributed by atoms with Crippen LogP contribution in [0.15, 0.2) is 0 Å². The molecule has 106 valence electrons. The number of aliphatic hydroxyl groups is 1. The van der Waals surface area contributed by atoms with Crippen LogP contribution in [0.2, 0.25) is 0 Å². The quantitative estimate of drug-likeness (QED) is 0.701. The molecule has 2 saturated carbocycles. The molecule has 1 heteroatoms. The second-order valence-electron chi connectivity index (χ2n) is 7.51. The Morgan fingerprint density at radius 3 is 2.44 bits per heavy atom. The first kappa shape index (κ1) is 14.4. The highest BCUT2D eigenvalue weighted by Gasteiger charge is 2.40. The van der Waals surface area contributed by atoms with Gasteiger partial charge in [-0.05, 0) is 55.8 Å². The van der Waals surface area contributed by atoms with Gasteiger partial charge in [-0.3, -0.25) is 0 Å². The van der Waals surface area contributed by atoms with Crippen molar-refractivity contribution in [2.75, 3.05) is 0 Å². The van der Waals surface area contributed by atoms with Crippen LogP contribution in [0.4, 0.5) is 0 Å². The second-order valence-corrected chi connectivity index (χ2v) is 7.51. The maximum Gasteiger partial charge on any atom is 0.0676 e. The highest BCUT2D eigenvalue weighted by atomic mass is 16.3. The van der Waals surface area contributed by atoms with E-state index in [9.17, 15) is 5.11 Å². The van der Waals surface area contributed by atoms with Gasteiger partial charge in [0.15, 0.2) is 0 Å². The first-order valence-corrected chi connectivity index (χ1v) is 8.23. The molecule has 0 aromatic heterocycles. The van der Waals surface area contributed by atoms with Crippen molar-refractivity contribution in [2.45, 2.75) is 84.2 Å². The van der Waals surface area contributed by atoms with E-state index in [0.29, 0.717) is 5.92 Å². The average Bonchev–Trinajstić information content (AvgIpc) is 2.52. The Morgan fingerprint density at radius 1 is 1.00 bits per heavy atom. The van der Waals surface area contributed by atoms with Crippen molar-refractivity contribution >= 4 is 0 Å². The third-order valence-electron chi connectivity index (χ3n) is 5.77. The molecule has 0 spiro atoms. The molecule has 4 atom stereocenters. The van der Waals surface area contributed by atoms with Crippen LogP contribution in [0, 0.1) is 23.7 Å². The Hall–Kier alpha value is -0.0400. The molecular formula is C17H32O. The van der Waals surface area contributed by atoms with Crippen molar-refractivity contribution in [1.29, 1.82) is 0 Å². The van der Waals surface area contributed by atoms with Gasteiger partial charge in [0, 0.05) is 0 Å². The van der Waals surface area contributed by atoms with Gasteiger partial charge in [0.1, 0.15) is 0 Å². The van der Waals surface area contributed by atoms with Crippen molar-refractivity contribution in [2.24, 2.45) is 23.7 Å². The largest absolute Gasteiger partial charge is 0.390 e. The van der Waals surface area contributed by atoms with Crippen LogP contribution in [-0.4, -0.2) is 10.7 Å². The summed E-state index contributed by atoms with van der Waals surface area (Å²) < 4.78 is 0. The minimum atomic E-state index is -0.321. The summed E-state index contributed by atoms with van der Waals surface area (Å²) in [5.74, 6) is 3.06. The number of hydrogen-bond acceptors (Lipinski definition) is 1. The first-order valence-electron chi connectivity index (χ1n) is 8.23. The van der Waals surface area contributed by atoms with Gasteiger partial charge in [-0.1, -0.05) is 46.5 Å². The van der Waals surface area contributed by atoms with E-state index in [1.807, 2.05) is 0 Å². The lowest BCUT2D eigenvalue weighted by atomic mass is 9.70. The Bertz CT molecular complexity index is 260. The Kier molecular flexibility index (Phi) is 4.75. The molecule has 0 amide bonds. The van der Waals surface area contributed by atoms with Gasteiger partial charge in [0.05, 0.1) is 5.60 Å². The molecule has 2 fully saturated rings. The van der Waals surface area contributed by atoms with Gasteiger partial charge in [-0.15, -0.1) is 0 Å². The summed E-state index contributed by atoms with van der Waals surface area (Å²) >= 11 is 0. The van der Waals surface area contributed by atoms with Crippen LogP contribution in [0.5, 0.6) is 0 Å². The molecule has 18 heavy (non-hydrogen) atoms. The van der Waals surface area contributed by atoms with Crippen LogP contribution < -0.4 is 0 Å². The zero-order valence-corrected chi connectivity index (χ0v) is 12.6. The fraction of sp³-hybridized carbons (Fsp3) is 1.00. The molecule has 1 nitrogen and oxygen atoms in total. The standard InChI is InChI=1S/C17H32O/c1-13(2)15-7-5-10-17(18,11-9-15)16-8-4-6-14(3)12-16/h13-16,18H,4-12H2,1-3H3. The zero-order valence-electron chi connectivity index (χ0n) is 12.6. The smallest absolute Gasteiger partial charge is 0.0676 e. The van der Waals surface area contributed by atoms with E-state index in [1.165, 1.54) is 44.9 Å². The van der Waals surface area contributed by atoms with Crippen molar-refractivity contribution < 1.29 is 5.11 Å². The molecule has 0 saturated heterocycles. The molecule has 4 unspecified atom stereocenters. The summed E-state index contributed by atoms with van der Waals surface area (Å²) in [7, 11) is 0. The average molecular weight is 252 g/mol. The Balaban J connectivity index is 1.97. The Labute approximate surface area is 113 Å². The maximum atomic E-state index is 11.1. The molecule has 0 aromatic carbocycles. The monoisotopic (exact) mass is 252 g/mol. The van der Waals surface area contributed by atoms with Gasteiger partial charge in [-0.25, -0.2) is 0 Å². The van der Waals surface area contributed by atoms with Crippen LogP contribution in [0.1, 0.15) is 78.6 Å². The maximum absolute atomic E-state index is 11.1. The summed E-state index contributed by atoms with van der Waals surface area (Å²) in [5, 5.41) is 11.1. The lowest BCUT2D eigenvalue weighted by Gasteiger charge is -2.40. The molecule has 2 aliphatic rings. The zero-order chi connectivity index (χ0) is 13.2. The van der Waals surface area contributed by atoms with E-state index in [1.54, 1.807) is 0 Å². The van der Waals surface area contributed by atoms with E-state index in [-0.39, 0.29) is 5.60 Å². The van der Waals surface area contributed by atoms with E-state index < -0.39 is 0 Å². The van der Waals surface area contributed by atoms with Crippen molar-refractivity contribution in [3.63, 3.8) is 0 Å². The van der Waals surface area contributed by atoms with E-state index in [2.05, 4.69) is 20.8 Å². The summed E-state index contributed by atoms with van der Waals surface area (Å²) in [6, 6.07) is 0. The van der Waals surface area contributed by atoms with Crippen molar-refractivity contribution in [1.82, 2.24) is 0 Å². The fourth-order valence-corrected chi connectivity index (χ4v) is 4.37. The van der Waals surface area contributed by atoms with Crippen LogP contribution in [-0.2, 0) is 0 Å². The SMILES string of the molecule is CC1CCCC(C2(O)CCCC(C(C)C)CC2)C1. The van der Waals surface area contributed by atoms with E-state index in [4.69, 9.17) is 0 Å². The van der Waals surface area contributed by atoms with E-state index >= 15 is 0 Å². The third kappa shape index (κ3) is 3.29. The van der Waals surface area contributed by atoms with Crippen LogP contribution >= 0.6 is 0 Å². The highest BCUT2D eigenvalue weighted by molar-refractivity contribution is 4.92. The number of rotatable bonds is 2. The summed E-state index contributed by atoms with van der Waals surface area (Å²) in [6.07, 6.45) is 11.2. The second kappa shape index (κ2) is 5.94. The molecule has 2 rings (SSSR count). The molecule has 0 aromatic rings. The normalized spacial score (nSPS) is 42.8. The summed E-state index contributed by atoms with van der Waals surface area (Å²) in [5.41, 5.74) is -0.321. The minimum Gasteiger partial charge on any atom is -0.390 e. The fourth-order valence-electron chi connectivity index (χ4n) is 4.37. The highest BCUT2D eigenvalue weighted by Crippen LogP contribution is 2.44. The minimum absolute atomic E-state index is 0.321. The predicted octanol–water partition coefficient (Wildman–Crippen LogP) is 4.78. The van der Waals surface area contributed by atoms with Gasteiger partial charge in [0.25, 0.3) is 0 Å². The van der Waals surface area contributed by atoms with Gasteiger partial charge in [0.2, 0.25) is 0 Å². The number of hydrogen-bond donors (Lipinski definition) is 1. The van der Waals surface area contributed by atoms with Gasteiger partial charge < -0.3 is 5.11 Å². The molecule has 0 aliphatic heterocycles. The lowest BCUT2D eigenvalue weighted by Crippen LogP contribution is -2.40. The summed E-state index contributed by atoms with van der Waals surface area (Å²) in [6.45, 7) is 7.05. The van der Waals surface area contributed by atoms with E-state index in [0.717, 1.165) is 30.6 Å². The van der Waals surface area contributed by atoms with Crippen LogP contribution in [0.3, 0.4) is 0 Å². The molecule has 0 bridgehead atoms. The molecule has 2 aliphatic carbocycles. The van der Waals surface area contributed by atoms with Crippen LogP contribution in [0.25, 0.3) is 0 Å². The third-order valence-corrected chi connectivity index (χ3v) is 5.77. The topological polar surface area (TPSA) is 20.2 Å².